The highest BCUT2D eigenvalue weighted by molar-refractivity contribution is 7.13. The number of amides is 1. The second-order valence-electron chi connectivity index (χ2n) is 7.01. The number of anilines is 1. The van der Waals surface area contributed by atoms with Crippen LogP contribution in [-0.2, 0) is 9.53 Å². The number of nitro benzene ring substituents is 1. The summed E-state index contributed by atoms with van der Waals surface area (Å²) in [5.41, 5.74) is 1.51. The minimum absolute atomic E-state index is 0.00297. The number of nitrogens with one attached hydrogen (secondary N) is 1. The normalized spacial score (nSPS) is 11.7. The van der Waals surface area contributed by atoms with Gasteiger partial charge in [0.25, 0.3) is 11.6 Å². The van der Waals surface area contributed by atoms with Crippen molar-refractivity contribution in [3.8, 4) is 10.6 Å². The minimum atomic E-state index is -1.15. The Balaban J connectivity index is 1.55. The highest BCUT2D eigenvalue weighted by Crippen LogP contribution is 2.29. The van der Waals surface area contributed by atoms with E-state index >= 15 is 0 Å². The molecular formula is C23H16ClN3O5S. The van der Waals surface area contributed by atoms with Gasteiger partial charge in [-0.3, -0.25) is 14.9 Å². The molecule has 10 heteroatoms. The van der Waals surface area contributed by atoms with Gasteiger partial charge in [-0.05, 0) is 36.6 Å². The second-order valence-corrected chi connectivity index (χ2v) is 8.36. The first-order chi connectivity index (χ1) is 15.8. The molecule has 4 aromatic rings. The number of carbonyl (C=O) groups excluding carboxylic acids is 2. The molecule has 33 heavy (non-hydrogen) atoms. The first-order valence-electron chi connectivity index (χ1n) is 9.73. The van der Waals surface area contributed by atoms with E-state index in [-0.39, 0.29) is 22.0 Å². The largest absolute Gasteiger partial charge is 0.449 e. The Bertz CT molecular complexity index is 1370. The van der Waals surface area contributed by atoms with Gasteiger partial charge in [0, 0.05) is 17.5 Å². The van der Waals surface area contributed by atoms with Crippen LogP contribution in [0.15, 0.2) is 66.0 Å². The minimum Gasteiger partial charge on any atom is -0.449 e. The molecule has 0 aliphatic carbocycles. The summed E-state index contributed by atoms with van der Waals surface area (Å²) < 4.78 is 5.43. The summed E-state index contributed by atoms with van der Waals surface area (Å²) >= 11 is 7.52. The van der Waals surface area contributed by atoms with Gasteiger partial charge >= 0.3 is 5.97 Å². The maximum absolute atomic E-state index is 13.0. The van der Waals surface area contributed by atoms with E-state index in [9.17, 15) is 19.7 Å². The van der Waals surface area contributed by atoms with Crippen molar-refractivity contribution in [2.75, 3.05) is 5.32 Å². The van der Waals surface area contributed by atoms with Crippen molar-refractivity contribution in [1.29, 1.82) is 0 Å². The number of thiophene rings is 1. The quantitative estimate of drug-likeness (QED) is 0.214. The van der Waals surface area contributed by atoms with Crippen molar-refractivity contribution >= 4 is 57.1 Å². The van der Waals surface area contributed by atoms with E-state index in [1.165, 1.54) is 30.4 Å². The lowest BCUT2D eigenvalue weighted by molar-refractivity contribution is -0.384. The van der Waals surface area contributed by atoms with Crippen LogP contribution in [0.25, 0.3) is 21.5 Å². The van der Waals surface area contributed by atoms with Gasteiger partial charge in [0.2, 0.25) is 0 Å². The second kappa shape index (κ2) is 9.35. The zero-order valence-electron chi connectivity index (χ0n) is 17.2. The third-order valence-corrected chi connectivity index (χ3v) is 5.99. The van der Waals surface area contributed by atoms with Crippen molar-refractivity contribution in [1.82, 2.24) is 4.98 Å². The third kappa shape index (κ3) is 4.84. The first-order valence-corrected chi connectivity index (χ1v) is 11.0. The number of ether oxygens (including phenoxy) is 1. The summed E-state index contributed by atoms with van der Waals surface area (Å²) in [7, 11) is 0. The molecule has 0 spiro atoms. The number of nitro groups is 1. The Morgan fingerprint density at radius 2 is 1.94 bits per heavy atom. The maximum atomic E-state index is 13.0. The summed E-state index contributed by atoms with van der Waals surface area (Å²) in [6.45, 7) is 1.43. The first kappa shape index (κ1) is 22.4. The topological polar surface area (TPSA) is 111 Å². The number of hydrogen-bond acceptors (Lipinski definition) is 7. The molecule has 0 radical (unpaired) electrons. The Labute approximate surface area is 196 Å². The van der Waals surface area contributed by atoms with E-state index in [0.29, 0.717) is 16.6 Å². The van der Waals surface area contributed by atoms with Gasteiger partial charge in [-0.15, -0.1) is 11.3 Å². The predicted molar refractivity (Wildman–Crippen MR) is 127 cm³/mol. The van der Waals surface area contributed by atoms with Crippen molar-refractivity contribution in [3.05, 3.63) is 86.7 Å². The fraction of sp³-hybridized carbons (Fsp3) is 0.0870. The van der Waals surface area contributed by atoms with Crippen LogP contribution in [0.4, 0.5) is 11.4 Å². The molecular weight excluding hydrogens is 466 g/mol. The molecule has 1 N–H and O–H groups in total. The molecule has 2 aromatic heterocycles. The molecule has 1 atom stereocenters. The molecule has 0 fully saturated rings. The highest BCUT2D eigenvalue weighted by Gasteiger charge is 2.23. The fourth-order valence-corrected chi connectivity index (χ4v) is 4.03. The predicted octanol–water partition coefficient (Wildman–Crippen LogP) is 5.71. The summed E-state index contributed by atoms with van der Waals surface area (Å²) in [6, 6.07) is 16.3. The van der Waals surface area contributed by atoms with Crippen LogP contribution in [0.5, 0.6) is 0 Å². The van der Waals surface area contributed by atoms with Gasteiger partial charge in [0.05, 0.1) is 37.3 Å². The third-order valence-electron chi connectivity index (χ3n) is 4.78. The van der Waals surface area contributed by atoms with E-state index in [1.54, 1.807) is 24.3 Å². The molecule has 2 aromatic carbocycles. The van der Waals surface area contributed by atoms with Gasteiger partial charge in [-0.2, -0.15) is 0 Å². The number of non-ortho nitro benzene ring substituents is 1. The molecule has 0 aliphatic heterocycles. The maximum Gasteiger partial charge on any atom is 0.339 e. The van der Waals surface area contributed by atoms with E-state index < -0.39 is 22.9 Å². The average Bonchev–Trinajstić information content (AvgIpc) is 3.34. The number of hydrogen-bond donors (Lipinski definition) is 1. The van der Waals surface area contributed by atoms with Gasteiger partial charge in [0.15, 0.2) is 6.10 Å². The van der Waals surface area contributed by atoms with E-state index in [4.69, 9.17) is 16.3 Å². The average molecular weight is 482 g/mol. The summed E-state index contributed by atoms with van der Waals surface area (Å²) in [4.78, 5) is 41.3. The van der Waals surface area contributed by atoms with Crippen LogP contribution in [0.2, 0.25) is 5.02 Å². The van der Waals surface area contributed by atoms with Crippen molar-refractivity contribution in [3.63, 3.8) is 0 Å². The molecule has 0 saturated heterocycles. The smallest absolute Gasteiger partial charge is 0.339 e. The van der Waals surface area contributed by atoms with E-state index in [0.717, 1.165) is 10.9 Å². The SMILES string of the molecule is CC(OC(=O)c1cc(-c2cccs2)nc2ccccc12)C(=O)Nc1ccc([N+](=O)[O-])cc1Cl. The molecule has 4 rings (SSSR count). The summed E-state index contributed by atoms with van der Waals surface area (Å²) in [5.74, 6) is -1.31. The summed E-state index contributed by atoms with van der Waals surface area (Å²) in [6.07, 6.45) is -1.15. The Morgan fingerprint density at radius 1 is 1.15 bits per heavy atom. The monoisotopic (exact) mass is 481 g/mol. The van der Waals surface area contributed by atoms with Gasteiger partial charge in [-0.1, -0.05) is 35.9 Å². The number of esters is 1. The lowest BCUT2D eigenvalue weighted by atomic mass is 10.1. The van der Waals surface area contributed by atoms with Crippen LogP contribution in [-0.4, -0.2) is 27.9 Å². The molecule has 166 valence electrons. The molecule has 1 unspecified atom stereocenters. The standard InChI is InChI=1S/C23H16ClN3O5S/c1-13(22(28)26-19-9-8-14(27(30)31)11-17(19)24)32-23(29)16-12-20(21-7-4-10-33-21)25-18-6-3-2-5-15(16)18/h2-13H,1H3,(H,26,28). The number of benzene rings is 2. The number of rotatable bonds is 6. The number of pyridine rings is 1. The molecule has 2 heterocycles. The Morgan fingerprint density at radius 3 is 2.64 bits per heavy atom. The van der Waals surface area contributed by atoms with Crippen molar-refractivity contribution in [2.24, 2.45) is 0 Å². The number of carbonyl (C=O) groups is 2. The number of fused-ring (bicyclic) bond motifs is 1. The molecule has 1 amide bonds. The van der Waals surface area contributed by atoms with Crippen LogP contribution < -0.4 is 5.32 Å². The molecule has 0 bridgehead atoms. The van der Waals surface area contributed by atoms with Crippen LogP contribution >= 0.6 is 22.9 Å². The molecule has 0 aliphatic rings. The zero-order valence-corrected chi connectivity index (χ0v) is 18.7. The van der Waals surface area contributed by atoms with Crippen LogP contribution in [0.1, 0.15) is 17.3 Å². The van der Waals surface area contributed by atoms with E-state index in [1.807, 2.05) is 23.6 Å². The number of halogens is 1. The van der Waals surface area contributed by atoms with Crippen molar-refractivity contribution < 1.29 is 19.2 Å². The zero-order chi connectivity index (χ0) is 23.5. The highest BCUT2D eigenvalue weighted by atomic mass is 35.5. The van der Waals surface area contributed by atoms with Gasteiger partial charge in [-0.25, -0.2) is 9.78 Å². The Hall–Kier alpha value is -3.82. The lowest BCUT2D eigenvalue weighted by Gasteiger charge is -2.15. The molecule has 0 saturated carbocycles. The number of nitrogens with zero attached hydrogens (tertiary/aromatic N) is 2. The van der Waals surface area contributed by atoms with Gasteiger partial charge < -0.3 is 10.1 Å². The number of para-hydroxylation sites is 1. The number of aromatic nitrogens is 1. The van der Waals surface area contributed by atoms with Crippen molar-refractivity contribution in [2.45, 2.75) is 13.0 Å². The van der Waals surface area contributed by atoms with Crippen LogP contribution in [0, 0.1) is 10.1 Å². The Kier molecular flexibility index (Phi) is 6.34. The fourth-order valence-electron chi connectivity index (χ4n) is 3.13. The summed E-state index contributed by atoms with van der Waals surface area (Å²) in [5, 5.41) is 15.9. The van der Waals surface area contributed by atoms with Crippen LogP contribution in [0.3, 0.4) is 0 Å². The van der Waals surface area contributed by atoms with E-state index in [2.05, 4.69) is 10.3 Å². The molecule has 8 nitrogen and oxygen atoms in total. The lowest BCUT2D eigenvalue weighted by Crippen LogP contribution is -2.30. The van der Waals surface area contributed by atoms with Gasteiger partial charge in [0.1, 0.15) is 0 Å².